The number of ether oxygens (including phenoxy) is 1. The number of aliphatic carboxylic acids is 1. The Balaban J connectivity index is 1.75. The van der Waals surface area contributed by atoms with Gasteiger partial charge in [-0.3, -0.25) is 19.3 Å². The van der Waals surface area contributed by atoms with Crippen molar-refractivity contribution in [1.29, 1.82) is 0 Å². The van der Waals surface area contributed by atoms with Crippen LogP contribution in [0.15, 0.2) is 53.4 Å². The van der Waals surface area contributed by atoms with Crippen LogP contribution in [0.2, 0.25) is 0 Å². The van der Waals surface area contributed by atoms with Crippen molar-refractivity contribution in [3.63, 3.8) is 0 Å². The van der Waals surface area contributed by atoms with E-state index in [1.54, 1.807) is 61.7 Å². The van der Waals surface area contributed by atoms with E-state index in [2.05, 4.69) is 5.32 Å². The molecule has 2 aromatic carbocycles. The van der Waals surface area contributed by atoms with Gasteiger partial charge in [-0.2, -0.15) is 0 Å². The summed E-state index contributed by atoms with van der Waals surface area (Å²) in [6.07, 6.45) is 1.62. The highest BCUT2D eigenvalue weighted by Gasteiger charge is 2.33. The van der Waals surface area contributed by atoms with Crippen molar-refractivity contribution in [2.45, 2.75) is 0 Å². The molecular weight excluding hydrogens is 412 g/mol. The molecule has 148 valence electrons. The van der Waals surface area contributed by atoms with E-state index in [0.29, 0.717) is 27.5 Å². The van der Waals surface area contributed by atoms with Crippen molar-refractivity contribution in [2.75, 3.05) is 19.0 Å². The van der Waals surface area contributed by atoms with E-state index in [4.69, 9.17) is 22.1 Å². The first-order valence-corrected chi connectivity index (χ1v) is 9.62. The number of carboxylic acid groups (broad SMARTS) is 1. The van der Waals surface area contributed by atoms with E-state index in [1.807, 2.05) is 0 Å². The maximum Gasteiger partial charge on any atom is 0.323 e. The third-order valence-electron chi connectivity index (χ3n) is 3.96. The summed E-state index contributed by atoms with van der Waals surface area (Å²) in [7, 11) is 1.55. The molecule has 1 heterocycles. The van der Waals surface area contributed by atoms with E-state index >= 15 is 0 Å². The first-order valence-electron chi connectivity index (χ1n) is 8.40. The molecule has 0 unspecified atom stereocenters. The highest BCUT2D eigenvalue weighted by molar-refractivity contribution is 8.26. The largest absolute Gasteiger partial charge is 0.497 e. The van der Waals surface area contributed by atoms with Crippen molar-refractivity contribution < 1.29 is 24.2 Å². The van der Waals surface area contributed by atoms with Crippen LogP contribution in [-0.4, -0.2) is 45.8 Å². The molecule has 2 aromatic rings. The summed E-state index contributed by atoms with van der Waals surface area (Å²) in [6.45, 7) is -0.472. The number of amides is 2. The fourth-order valence-corrected chi connectivity index (χ4v) is 3.83. The van der Waals surface area contributed by atoms with Gasteiger partial charge in [0.1, 0.15) is 16.6 Å². The number of carbonyl (C=O) groups is 3. The predicted molar refractivity (Wildman–Crippen MR) is 115 cm³/mol. The number of rotatable bonds is 6. The van der Waals surface area contributed by atoms with E-state index in [1.165, 1.54) is 0 Å². The number of benzene rings is 2. The van der Waals surface area contributed by atoms with Gasteiger partial charge in [0.2, 0.25) is 0 Å². The van der Waals surface area contributed by atoms with Gasteiger partial charge in [0.05, 0.1) is 12.0 Å². The Labute approximate surface area is 176 Å². The predicted octanol–water partition coefficient (Wildman–Crippen LogP) is 3.23. The van der Waals surface area contributed by atoms with Crippen molar-refractivity contribution in [3.8, 4) is 5.75 Å². The van der Waals surface area contributed by atoms with Crippen LogP contribution in [0, 0.1) is 0 Å². The zero-order valence-electron chi connectivity index (χ0n) is 15.2. The molecule has 2 amide bonds. The molecule has 1 fully saturated rings. The fraction of sp³-hybridized carbons (Fsp3) is 0.100. The normalized spacial score (nSPS) is 14.9. The summed E-state index contributed by atoms with van der Waals surface area (Å²) in [5.41, 5.74) is 1.71. The lowest BCUT2D eigenvalue weighted by Gasteiger charge is -2.10. The molecule has 3 rings (SSSR count). The van der Waals surface area contributed by atoms with Gasteiger partial charge in [0, 0.05) is 11.3 Å². The Morgan fingerprint density at radius 3 is 2.62 bits per heavy atom. The number of carbonyl (C=O) groups excluding carboxylic acids is 2. The number of thioether (sulfide) groups is 1. The third-order valence-corrected chi connectivity index (χ3v) is 5.34. The minimum absolute atomic E-state index is 0.201. The molecule has 0 spiro atoms. The number of nitrogens with one attached hydrogen (secondary N) is 1. The minimum atomic E-state index is -1.13. The molecule has 0 bridgehead atoms. The van der Waals surface area contributed by atoms with Crippen molar-refractivity contribution >= 4 is 57.8 Å². The standard InChI is InChI=1S/C20H16N2O5S2/c1-27-15-7-5-13(6-8-15)18(25)21-14-4-2-3-12(9-14)10-16-19(26)22(11-17(23)24)20(28)29-16/h2-10H,11H2,1H3,(H,21,25)(H,23,24)/b16-10-. The summed E-state index contributed by atoms with van der Waals surface area (Å²) in [6, 6.07) is 13.7. The zero-order chi connectivity index (χ0) is 21.0. The second-order valence-corrected chi connectivity index (χ2v) is 7.65. The topological polar surface area (TPSA) is 95.9 Å². The number of methoxy groups -OCH3 is 1. The van der Waals surface area contributed by atoms with Gasteiger partial charge in [-0.25, -0.2) is 0 Å². The van der Waals surface area contributed by atoms with Crippen molar-refractivity contribution in [3.05, 3.63) is 64.6 Å². The smallest absolute Gasteiger partial charge is 0.323 e. The number of carboxylic acids is 1. The highest BCUT2D eigenvalue weighted by atomic mass is 32.2. The zero-order valence-corrected chi connectivity index (χ0v) is 16.9. The molecule has 0 aromatic heterocycles. The second kappa shape index (κ2) is 8.89. The van der Waals surface area contributed by atoms with Crippen molar-refractivity contribution in [2.24, 2.45) is 0 Å². The molecule has 0 atom stereocenters. The van der Waals surface area contributed by atoms with Gasteiger partial charge in [0.25, 0.3) is 11.8 Å². The van der Waals surface area contributed by atoms with Crippen LogP contribution in [0.5, 0.6) is 5.75 Å². The SMILES string of the molecule is COc1ccc(C(=O)Nc2cccc(/C=C3\SC(=S)N(CC(=O)O)C3=O)c2)cc1. The second-order valence-electron chi connectivity index (χ2n) is 5.97. The molecule has 0 aliphatic carbocycles. The highest BCUT2D eigenvalue weighted by Crippen LogP contribution is 2.32. The van der Waals surface area contributed by atoms with E-state index in [9.17, 15) is 14.4 Å². The van der Waals surface area contributed by atoms with E-state index in [0.717, 1.165) is 16.7 Å². The molecule has 7 nitrogen and oxygen atoms in total. The molecular formula is C20H16N2O5S2. The quantitative estimate of drug-likeness (QED) is 0.539. The molecule has 0 saturated carbocycles. The van der Waals surface area contributed by atoms with E-state index in [-0.39, 0.29) is 10.2 Å². The first-order chi connectivity index (χ1) is 13.9. The summed E-state index contributed by atoms with van der Waals surface area (Å²) in [5.74, 6) is -1.21. The monoisotopic (exact) mass is 428 g/mol. The molecule has 1 saturated heterocycles. The number of nitrogens with zero attached hydrogens (tertiary/aromatic N) is 1. The maximum atomic E-state index is 12.4. The van der Waals surface area contributed by atoms with Crippen molar-refractivity contribution in [1.82, 2.24) is 4.90 Å². The molecule has 9 heteroatoms. The van der Waals surface area contributed by atoms with Gasteiger partial charge in [-0.15, -0.1) is 0 Å². The van der Waals surface area contributed by atoms with Gasteiger partial charge in [-0.05, 0) is 48.0 Å². The van der Waals surface area contributed by atoms with Gasteiger partial charge in [-0.1, -0.05) is 36.1 Å². The molecule has 1 aliphatic rings. The van der Waals surface area contributed by atoms with Crippen LogP contribution in [0.25, 0.3) is 6.08 Å². The van der Waals surface area contributed by atoms with Crippen LogP contribution in [0.3, 0.4) is 0 Å². The summed E-state index contributed by atoms with van der Waals surface area (Å²) in [4.78, 5) is 37.0. The minimum Gasteiger partial charge on any atom is -0.497 e. The number of hydrogen-bond donors (Lipinski definition) is 2. The first kappa shape index (κ1) is 20.6. The van der Waals surface area contributed by atoms with Gasteiger partial charge >= 0.3 is 5.97 Å². The molecule has 2 N–H and O–H groups in total. The van der Waals surface area contributed by atoms with Crippen LogP contribution in [0.1, 0.15) is 15.9 Å². The van der Waals surface area contributed by atoms with Gasteiger partial charge < -0.3 is 15.2 Å². The molecule has 0 radical (unpaired) electrons. The summed E-state index contributed by atoms with van der Waals surface area (Å²) in [5, 5.41) is 11.7. The molecule has 29 heavy (non-hydrogen) atoms. The Morgan fingerprint density at radius 1 is 1.24 bits per heavy atom. The summed E-state index contributed by atoms with van der Waals surface area (Å²) >= 11 is 6.13. The Bertz CT molecular complexity index is 1020. The maximum absolute atomic E-state index is 12.4. The molecule has 1 aliphatic heterocycles. The van der Waals surface area contributed by atoms with Crippen LogP contribution >= 0.6 is 24.0 Å². The lowest BCUT2D eigenvalue weighted by molar-refractivity contribution is -0.140. The Morgan fingerprint density at radius 2 is 1.97 bits per heavy atom. The number of hydrogen-bond acceptors (Lipinski definition) is 6. The lowest BCUT2D eigenvalue weighted by atomic mass is 10.1. The third kappa shape index (κ3) is 5.01. The average Bonchev–Trinajstić information content (AvgIpc) is 2.95. The Hall–Kier alpha value is -3.17. The lowest BCUT2D eigenvalue weighted by Crippen LogP contribution is -2.33. The average molecular weight is 428 g/mol. The number of anilines is 1. The van der Waals surface area contributed by atoms with Crippen LogP contribution < -0.4 is 10.1 Å². The van der Waals surface area contributed by atoms with E-state index < -0.39 is 18.4 Å². The van der Waals surface area contributed by atoms with Crippen LogP contribution in [-0.2, 0) is 9.59 Å². The van der Waals surface area contributed by atoms with Crippen LogP contribution in [0.4, 0.5) is 5.69 Å². The Kier molecular flexibility index (Phi) is 6.30. The fourth-order valence-electron chi connectivity index (χ4n) is 2.57. The van der Waals surface area contributed by atoms with Gasteiger partial charge in [0.15, 0.2) is 0 Å². The number of thiocarbonyl (C=S) groups is 1. The summed E-state index contributed by atoms with van der Waals surface area (Å²) < 4.78 is 5.28.